The van der Waals surface area contributed by atoms with Gasteiger partial charge in [0.15, 0.2) is 0 Å². The van der Waals surface area contributed by atoms with Gasteiger partial charge in [-0.2, -0.15) is 0 Å². The van der Waals surface area contributed by atoms with E-state index in [-0.39, 0.29) is 23.4 Å². The molecule has 0 aliphatic carbocycles. The van der Waals surface area contributed by atoms with Crippen molar-refractivity contribution in [3.05, 3.63) is 29.8 Å². The second-order valence-corrected chi connectivity index (χ2v) is 9.04. The minimum absolute atomic E-state index is 0. The highest BCUT2D eigenvalue weighted by molar-refractivity contribution is 5.85. The van der Waals surface area contributed by atoms with E-state index in [4.69, 9.17) is 15.2 Å². The van der Waals surface area contributed by atoms with Gasteiger partial charge in [0.05, 0.1) is 13.2 Å². The lowest BCUT2D eigenvalue weighted by molar-refractivity contribution is 0.0724. The predicted octanol–water partition coefficient (Wildman–Crippen LogP) is 4.95. The van der Waals surface area contributed by atoms with E-state index in [2.05, 4.69) is 46.8 Å². The van der Waals surface area contributed by atoms with E-state index in [9.17, 15) is 0 Å². The van der Waals surface area contributed by atoms with Crippen molar-refractivity contribution in [3.8, 4) is 5.75 Å². The molecule has 4 heteroatoms. The third-order valence-corrected chi connectivity index (χ3v) is 3.58. The molecule has 0 aliphatic rings. The van der Waals surface area contributed by atoms with Crippen LogP contribution in [0.1, 0.15) is 60.5 Å². The van der Waals surface area contributed by atoms with Gasteiger partial charge in [-0.1, -0.05) is 46.8 Å². The molecule has 3 nitrogen and oxygen atoms in total. The van der Waals surface area contributed by atoms with E-state index in [0.717, 1.165) is 12.2 Å². The first-order valence-electron chi connectivity index (χ1n) is 8.49. The maximum absolute atomic E-state index is 5.86. The van der Waals surface area contributed by atoms with E-state index in [0.29, 0.717) is 25.2 Å². The van der Waals surface area contributed by atoms with Crippen molar-refractivity contribution >= 4 is 12.4 Å². The smallest absolute Gasteiger partial charge is 0.119 e. The van der Waals surface area contributed by atoms with Crippen molar-refractivity contribution in [2.24, 2.45) is 11.1 Å². The van der Waals surface area contributed by atoms with Gasteiger partial charge < -0.3 is 15.2 Å². The SMILES string of the molecule is CC(C)(C)CC(C)(C)c1ccc(OCCOCC(C)(C)N)cc1.Cl. The van der Waals surface area contributed by atoms with E-state index in [1.807, 2.05) is 26.0 Å². The fraction of sp³-hybridized carbons (Fsp3) is 0.700. The molecular formula is C20H36ClNO2. The fourth-order valence-electron chi connectivity index (χ4n) is 2.98. The van der Waals surface area contributed by atoms with Crippen molar-refractivity contribution in [3.63, 3.8) is 0 Å². The third kappa shape index (κ3) is 9.51. The van der Waals surface area contributed by atoms with E-state index in [1.54, 1.807) is 0 Å². The van der Waals surface area contributed by atoms with Crippen LogP contribution in [0, 0.1) is 5.41 Å². The van der Waals surface area contributed by atoms with Gasteiger partial charge in [0, 0.05) is 5.54 Å². The van der Waals surface area contributed by atoms with Crippen molar-refractivity contribution in [2.45, 2.75) is 65.8 Å². The fourth-order valence-corrected chi connectivity index (χ4v) is 2.98. The van der Waals surface area contributed by atoms with Crippen LogP contribution in [0.15, 0.2) is 24.3 Å². The first kappa shape index (κ1) is 23.2. The molecule has 0 bridgehead atoms. The molecular weight excluding hydrogens is 322 g/mol. The van der Waals surface area contributed by atoms with Crippen LogP contribution in [-0.4, -0.2) is 25.4 Å². The molecule has 0 saturated carbocycles. The number of ether oxygens (including phenoxy) is 2. The van der Waals surface area contributed by atoms with Gasteiger partial charge in [-0.25, -0.2) is 0 Å². The number of benzene rings is 1. The lowest BCUT2D eigenvalue weighted by Crippen LogP contribution is -2.37. The van der Waals surface area contributed by atoms with Crippen LogP contribution in [0.2, 0.25) is 0 Å². The number of halogens is 1. The summed E-state index contributed by atoms with van der Waals surface area (Å²) in [6.07, 6.45) is 1.14. The van der Waals surface area contributed by atoms with Crippen LogP contribution in [0.25, 0.3) is 0 Å². The highest BCUT2D eigenvalue weighted by Crippen LogP contribution is 2.36. The topological polar surface area (TPSA) is 44.5 Å². The molecule has 0 aliphatic heterocycles. The van der Waals surface area contributed by atoms with Gasteiger partial charge in [-0.15, -0.1) is 12.4 Å². The maximum atomic E-state index is 5.86. The van der Waals surface area contributed by atoms with Crippen LogP contribution in [0.5, 0.6) is 5.75 Å². The molecule has 1 aromatic carbocycles. The van der Waals surface area contributed by atoms with Crippen LogP contribution in [0.3, 0.4) is 0 Å². The van der Waals surface area contributed by atoms with E-state index in [1.165, 1.54) is 5.56 Å². The van der Waals surface area contributed by atoms with Gasteiger partial charge in [0.2, 0.25) is 0 Å². The predicted molar refractivity (Wildman–Crippen MR) is 105 cm³/mol. The Kier molecular flexibility index (Phi) is 8.78. The van der Waals surface area contributed by atoms with Crippen molar-refractivity contribution < 1.29 is 9.47 Å². The summed E-state index contributed by atoms with van der Waals surface area (Å²) in [6.45, 7) is 17.0. The first-order chi connectivity index (χ1) is 10.4. The van der Waals surface area contributed by atoms with Crippen molar-refractivity contribution in [2.75, 3.05) is 19.8 Å². The van der Waals surface area contributed by atoms with Crippen LogP contribution in [0.4, 0.5) is 0 Å². The number of hydrogen-bond acceptors (Lipinski definition) is 3. The van der Waals surface area contributed by atoms with Gasteiger partial charge in [0.25, 0.3) is 0 Å². The molecule has 0 amide bonds. The van der Waals surface area contributed by atoms with Gasteiger partial charge in [-0.3, -0.25) is 0 Å². The van der Waals surface area contributed by atoms with Crippen LogP contribution in [-0.2, 0) is 10.2 Å². The lowest BCUT2D eigenvalue weighted by atomic mass is 9.72. The zero-order chi connectivity index (χ0) is 17.7. The molecule has 1 aromatic rings. The van der Waals surface area contributed by atoms with Gasteiger partial charge >= 0.3 is 0 Å². The summed E-state index contributed by atoms with van der Waals surface area (Å²) in [5, 5.41) is 0. The number of rotatable bonds is 8. The van der Waals surface area contributed by atoms with Gasteiger partial charge in [-0.05, 0) is 48.8 Å². The molecule has 24 heavy (non-hydrogen) atoms. The third-order valence-electron chi connectivity index (χ3n) is 3.58. The Hall–Kier alpha value is -0.770. The van der Waals surface area contributed by atoms with Crippen molar-refractivity contribution in [1.82, 2.24) is 0 Å². The maximum Gasteiger partial charge on any atom is 0.119 e. The first-order valence-corrected chi connectivity index (χ1v) is 8.49. The summed E-state index contributed by atoms with van der Waals surface area (Å²) in [5.74, 6) is 0.885. The molecule has 0 spiro atoms. The molecule has 0 aromatic heterocycles. The molecule has 0 heterocycles. The summed E-state index contributed by atoms with van der Waals surface area (Å²) >= 11 is 0. The second-order valence-electron chi connectivity index (χ2n) is 9.04. The summed E-state index contributed by atoms with van der Waals surface area (Å²) in [7, 11) is 0. The zero-order valence-electron chi connectivity index (χ0n) is 16.4. The highest BCUT2D eigenvalue weighted by Gasteiger charge is 2.27. The molecule has 0 saturated heterocycles. The second kappa shape index (κ2) is 9.07. The monoisotopic (exact) mass is 357 g/mol. The molecule has 0 fully saturated rings. The largest absolute Gasteiger partial charge is 0.491 e. The Morgan fingerprint density at radius 1 is 0.875 bits per heavy atom. The molecule has 1 rings (SSSR count). The van der Waals surface area contributed by atoms with Crippen LogP contribution < -0.4 is 10.5 Å². The Bertz CT molecular complexity index is 470. The number of hydrogen-bond donors (Lipinski definition) is 1. The number of nitrogens with two attached hydrogens (primary N) is 1. The highest BCUT2D eigenvalue weighted by atomic mass is 35.5. The summed E-state index contributed by atoms with van der Waals surface area (Å²) in [5.41, 5.74) is 7.39. The summed E-state index contributed by atoms with van der Waals surface area (Å²) < 4.78 is 11.2. The average molecular weight is 358 g/mol. The Balaban J connectivity index is 0.00000529. The molecule has 2 N–H and O–H groups in total. The standard InChI is InChI=1S/C20H35NO2.ClH/c1-18(2,3)14-19(4,5)16-8-10-17(11-9-16)23-13-12-22-15-20(6,7)21;/h8-11H,12-15,21H2,1-7H3;1H. The van der Waals surface area contributed by atoms with Crippen molar-refractivity contribution in [1.29, 1.82) is 0 Å². The Labute approximate surface area is 154 Å². The molecule has 140 valence electrons. The normalized spacial score (nSPS) is 12.7. The molecule has 0 radical (unpaired) electrons. The Morgan fingerprint density at radius 3 is 1.88 bits per heavy atom. The molecule has 0 atom stereocenters. The van der Waals surface area contributed by atoms with Gasteiger partial charge in [0.1, 0.15) is 12.4 Å². The van der Waals surface area contributed by atoms with Crippen LogP contribution >= 0.6 is 12.4 Å². The summed E-state index contributed by atoms with van der Waals surface area (Å²) in [4.78, 5) is 0. The quantitative estimate of drug-likeness (QED) is 0.669. The minimum Gasteiger partial charge on any atom is -0.491 e. The zero-order valence-corrected chi connectivity index (χ0v) is 17.3. The minimum atomic E-state index is -0.291. The lowest BCUT2D eigenvalue weighted by Gasteiger charge is -2.33. The average Bonchev–Trinajstić information content (AvgIpc) is 2.34. The van der Waals surface area contributed by atoms with E-state index >= 15 is 0 Å². The summed E-state index contributed by atoms with van der Waals surface area (Å²) in [6, 6.07) is 8.44. The Morgan fingerprint density at radius 2 is 1.42 bits per heavy atom. The molecule has 0 unspecified atom stereocenters. The van der Waals surface area contributed by atoms with E-state index < -0.39 is 0 Å².